The van der Waals surface area contributed by atoms with Gasteiger partial charge in [-0.25, -0.2) is 4.79 Å². The van der Waals surface area contributed by atoms with Crippen LogP contribution in [0.25, 0.3) is 0 Å². The standard InChI is InChI=1S/C10H14BrNO2S/c1-10(2,3)8-5(11)6(12)7(15-8)9(13)14-4/h12H2,1-4H3. The van der Waals surface area contributed by atoms with Gasteiger partial charge >= 0.3 is 5.97 Å². The summed E-state index contributed by atoms with van der Waals surface area (Å²) in [5.41, 5.74) is 6.27. The zero-order valence-corrected chi connectivity index (χ0v) is 11.6. The summed E-state index contributed by atoms with van der Waals surface area (Å²) in [7, 11) is 1.35. The number of halogens is 1. The summed E-state index contributed by atoms with van der Waals surface area (Å²) in [6.07, 6.45) is 0. The van der Waals surface area contributed by atoms with E-state index in [1.807, 2.05) is 0 Å². The van der Waals surface area contributed by atoms with Crippen molar-refractivity contribution >= 4 is 38.9 Å². The van der Waals surface area contributed by atoms with E-state index in [9.17, 15) is 4.79 Å². The van der Waals surface area contributed by atoms with Gasteiger partial charge in [0.1, 0.15) is 4.88 Å². The molecule has 0 saturated heterocycles. The van der Waals surface area contributed by atoms with Crippen molar-refractivity contribution in [2.24, 2.45) is 0 Å². The number of ether oxygens (including phenoxy) is 1. The van der Waals surface area contributed by atoms with Crippen molar-refractivity contribution in [1.82, 2.24) is 0 Å². The molecular formula is C10H14BrNO2S. The van der Waals surface area contributed by atoms with Gasteiger partial charge in [-0.1, -0.05) is 20.8 Å². The number of nitrogen functional groups attached to an aromatic ring is 1. The van der Waals surface area contributed by atoms with E-state index in [1.165, 1.54) is 18.4 Å². The molecule has 5 heteroatoms. The minimum absolute atomic E-state index is 0.0378. The SMILES string of the molecule is COC(=O)c1sc(C(C)(C)C)c(Br)c1N. The quantitative estimate of drug-likeness (QED) is 0.809. The Kier molecular flexibility index (Phi) is 3.45. The lowest BCUT2D eigenvalue weighted by Crippen LogP contribution is -2.09. The first kappa shape index (κ1) is 12.5. The molecule has 1 aromatic rings. The van der Waals surface area contributed by atoms with E-state index in [0.717, 1.165) is 9.35 Å². The molecule has 84 valence electrons. The summed E-state index contributed by atoms with van der Waals surface area (Å²) in [4.78, 5) is 12.9. The van der Waals surface area contributed by atoms with Gasteiger partial charge in [-0.15, -0.1) is 11.3 Å². The smallest absolute Gasteiger partial charge is 0.350 e. The highest BCUT2D eigenvalue weighted by Crippen LogP contribution is 2.42. The number of hydrogen-bond acceptors (Lipinski definition) is 4. The molecule has 0 aromatic carbocycles. The summed E-state index contributed by atoms with van der Waals surface area (Å²) < 4.78 is 5.47. The van der Waals surface area contributed by atoms with Gasteiger partial charge in [-0.2, -0.15) is 0 Å². The van der Waals surface area contributed by atoms with Gasteiger partial charge in [0.2, 0.25) is 0 Å². The minimum Gasteiger partial charge on any atom is -0.465 e. The molecule has 0 atom stereocenters. The largest absolute Gasteiger partial charge is 0.465 e. The maximum atomic E-state index is 11.4. The fourth-order valence-corrected chi connectivity index (χ4v) is 3.41. The van der Waals surface area contributed by atoms with Gasteiger partial charge in [-0.3, -0.25) is 0 Å². The van der Waals surface area contributed by atoms with Crippen LogP contribution in [-0.4, -0.2) is 13.1 Å². The average Bonchev–Trinajstić information content (AvgIpc) is 2.42. The maximum absolute atomic E-state index is 11.4. The maximum Gasteiger partial charge on any atom is 0.350 e. The van der Waals surface area contributed by atoms with Gasteiger partial charge in [0.05, 0.1) is 17.3 Å². The van der Waals surface area contributed by atoms with Crippen LogP contribution in [0.5, 0.6) is 0 Å². The third-order valence-electron chi connectivity index (χ3n) is 1.94. The number of esters is 1. The minimum atomic E-state index is -0.381. The lowest BCUT2D eigenvalue weighted by molar-refractivity contribution is 0.0607. The molecule has 2 N–H and O–H groups in total. The van der Waals surface area contributed by atoms with Gasteiger partial charge in [0.25, 0.3) is 0 Å². The second-order valence-corrected chi connectivity index (χ2v) is 6.04. The molecule has 0 aliphatic carbocycles. The van der Waals surface area contributed by atoms with Crippen molar-refractivity contribution in [3.63, 3.8) is 0 Å². The van der Waals surface area contributed by atoms with E-state index in [0.29, 0.717) is 10.6 Å². The molecule has 0 aliphatic heterocycles. The number of carbonyl (C=O) groups excluding carboxylic acids is 1. The Balaban J connectivity index is 3.31. The number of nitrogens with two attached hydrogens (primary N) is 1. The Morgan fingerprint density at radius 2 is 2.00 bits per heavy atom. The Bertz CT molecular complexity index is 393. The van der Waals surface area contributed by atoms with Crippen LogP contribution in [0.2, 0.25) is 0 Å². The number of carbonyl (C=O) groups is 1. The summed E-state index contributed by atoms with van der Waals surface area (Å²) in [6.45, 7) is 6.22. The lowest BCUT2D eigenvalue weighted by Gasteiger charge is -2.16. The normalized spacial score (nSPS) is 11.5. The molecule has 0 radical (unpaired) electrons. The molecule has 0 spiro atoms. The Hall–Kier alpha value is -0.550. The molecule has 0 aliphatic rings. The molecule has 1 aromatic heterocycles. The van der Waals surface area contributed by atoms with Crippen LogP contribution < -0.4 is 5.73 Å². The van der Waals surface area contributed by atoms with Gasteiger partial charge in [0, 0.05) is 4.88 Å². The fourth-order valence-electron chi connectivity index (χ4n) is 1.15. The van der Waals surface area contributed by atoms with E-state index in [1.54, 1.807) is 0 Å². The van der Waals surface area contributed by atoms with Crippen molar-refractivity contribution in [1.29, 1.82) is 0 Å². The molecular weight excluding hydrogens is 278 g/mol. The van der Waals surface area contributed by atoms with Gasteiger partial charge in [0.15, 0.2) is 0 Å². The van der Waals surface area contributed by atoms with Crippen LogP contribution in [-0.2, 0) is 10.2 Å². The molecule has 0 saturated carbocycles. The third kappa shape index (κ3) is 2.34. The highest BCUT2D eigenvalue weighted by Gasteiger charge is 2.26. The van der Waals surface area contributed by atoms with E-state index in [2.05, 4.69) is 41.4 Å². The molecule has 0 bridgehead atoms. The number of hydrogen-bond donors (Lipinski definition) is 1. The number of rotatable bonds is 1. The second kappa shape index (κ2) is 4.14. The fraction of sp³-hybridized carbons (Fsp3) is 0.500. The zero-order valence-electron chi connectivity index (χ0n) is 9.18. The second-order valence-electron chi connectivity index (χ2n) is 4.23. The Morgan fingerprint density at radius 3 is 2.33 bits per heavy atom. The molecule has 0 amide bonds. The molecule has 0 fully saturated rings. The lowest BCUT2D eigenvalue weighted by atomic mass is 9.94. The number of methoxy groups -OCH3 is 1. The first-order valence-corrected chi connectivity index (χ1v) is 6.06. The Labute approximate surface area is 102 Å². The Morgan fingerprint density at radius 1 is 1.47 bits per heavy atom. The van der Waals surface area contributed by atoms with Gasteiger partial charge in [-0.05, 0) is 21.3 Å². The highest BCUT2D eigenvalue weighted by molar-refractivity contribution is 9.10. The molecule has 0 unspecified atom stereocenters. The number of anilines is 1. The van der Waals surface area contributed by atoms with Crippen LogP contribution >= 0.6 is 27.3 Å². The third-order valence-corrected chi connectivity index (χ3v) is 4.63. The first-order valence-electron chi connectivity index (χ1n) is 4.45. The molecule has 3 nitrogen and oxygen atoms in total. The van der Waals surface area contributed by atoms with Crippen molar-refractivity contribution in [3.8, 4) is 0 Å². The topological polar surface area (TPSA) is 52.3 Å². The summed E-state index contributed by atoms with van der Waals surface area (Å²) in [5, 5.41) is 0. The predicted molar refractivity (Wildman–Crippen MR) is 66.5 cm³/mol. The van der Waals surface area contributed by atoms with Gasteiger partial charge < -0.3 is 10.5 Å². The molecule has 1 rings (SSSR count). The van der Waals surface area contributed by atoms with Crippen LogP contribution in [0.1, 0.15) is 35.3 Å². The summed E-state index contributed by atoms with van der Waals surface area (Å²) in [6, 6.07) is 0. The zero-order chi connectivity index (χ0) is 11.8. The number of thiophene rings is 1. The monoisotopic (exact) mass is 291 g/mol. The average molecular weight is 292 g/mol. The van der Waals surface area contributed by atoms with Crippen LogP contribution in [0.15, 0.2) is 4.47 Å². The van der Waals surface area contributed by atoms with Crippen LogP contribution in [0, 0.1) is 0 Å². The first-order chi connectivity index (χ1) is 6.79. The van der Waals surface area contributed by atoms with E-state index >= 15 is 0 Å². The molecule has 15 heavy (non-hydrogen) atoms. The van der Waals surface area contributed by atoms with Crippen molar-refractivity contribution in [3.05, 3.63) is 14.2 Å². The van der Waals surface area contributed by atoms with E-state index in [-0.39, 0.29) is 11.4 Å². The van der Waals surface area contributed by atoms with Crippen LogP contribution in [0.3, 0.4) is 0 Å². The van der Waals surface area contributed by atoms with Crippen molar-refractivity contribution < 1.29 is 9.53 Å². The highest BCUT2D eigenvalue weighted by atomic mass is 79.9. The summed E-state index contributed by atoms with van der Waals surface area (Å²) in [5.74, 6) is -0.381. The van der Waals surface area contributed by atoms with Crippen molar-refractivity contribution in [2.75, 3.05) is 12.8 Å². The van der Waals surface area contributed by atoms with E-state index in [4.69, 9.17) is 5.73 Å². The van der Waals surface area contributed by atoms with Crippen molar-refractivity contribution in [2.45, 2.75) is 26.2 Å². The predicted octanol–water partition coefficient (Wildman–Crippen LogP) is 3.18. The summed E-state index contributed by atoms with van der Waals surface area (Å²) >= 11 is 4.79. The van der Waals surface area contributed by atoms with Crippen LogP contribution in [0.4, 0.5) is 5.69 Å². The molecule has 1 heterocycles. The van der Waals surface area contributed by atoms with E-state index < -0.39 is 0 Å².